The van der Waals surface area contributed by atoms with E-state index in [0.717, 1.165) is 13.1 Å². The van der Waals surface area contributed by atoms with Gasteiger partial charge in [0.1, 0.15) is 5.78 Å². The topological polar surface area (TPSA) is 52.7 Å². The molecule has 1 heterocycles. The van der Waals surface area contributed by atoms with E-state index in [2.05, 4.69) is 10.2 Å². The molecule has 1 aromatic rings. The van der Waals surface area contributed by atoms with E-state index in [1.165, 1.54) is 0 Å². The Hall–Kier alpha value is -1.59. The fourth-order valence-corrected chi connectivity index (χ4v) is 2.38. The highest BCUT2D eigenvalue weighted by Crippen LogP contribution is 2.15. The van der Waals surface area contributed by atoms with Crippen LogP contribution in [0.1, 0.15) is 6.92 Å². The second kappa shape index (κ2) is 6.72. The summed E-state index contributed by atoms with van der Waals surface area (Å²) >= 11 is 5.88. The van der Waals surface area contributed by atoms with Crippen LogP contribution in [0.15, 0.2) is 24.3 Å². The van der Waals surface area contributed by atoms with Crippen LogP contribution in [0.3, 0.4) is 0 Å². The summed E-state index contributed by atoms with van der Waals surface area (Å²) in [5, 5.41) is 3.42. The first kappa shape index (κ1) is 14.8. The molecule has 5 nitrogen and oxygen atoms in total. The van der Waals surface area contributed by atoms with E-state index >= 15 is 0 Å². The van der Waals surface area contributed by atoms with E-state index in [9.17, 15) is 9.59 Å². The highest BCUT2D eigenvalue weighted by Gasteiger charge is 2.21. The van der Waals surface area contributed by atoms with Gasteiger partial charge in [-0.05, 0) is 25.1 Å². The average Bonchev–Trinajstić information content (AvgIpc) is 2.38. The molecule has 108 valence electrons. The van der Waals surface area contributed by atoms with E-state index < -0.39 is 0 Å². The maximum Gasteiger partial charge on any atom is 0.321 e. The first-order valence-corrected chi connectivity index (χ1v) is 6.95. The fraction of sp³-hybridized carbons (Fsp3) is 0.429. The molecule has 0 aromatic heterocycles. The number of nitrogens with zero attached hydrogens (tertiary/aromatic N) is 2. The number of urea groups is 1. The smallest absolute Gasteiger partial charge is 0.321 e. The monoisotopic (exact) mass is 295 g/mol. The Morgan fingerprint density at radius 3 is 2.55 bits per heavy atom. The first-order valence-electron chi connectivity index (χ1n) is 6.58. The lowest BCUT2D eigenvalue weighted by Gasteiger charge is -2.34. The van der Waals surface area contributed by atoms with Crippen LogP contribution >= 0.6 is 11.6 Å². The van der Waals surface area contributed by atoms with Gasteiger partial charge >= 0.3 is 6.03 Å². The van der Waals surface area contributed by atoms with E-state index in [4.69, 9.17) is 11.6 Å². The Kier molecular flexibility index (Phi) is 4.98. The van der Waals surface area contributed by atoms with Crippen molar-refractivity contribution in [2.75, 3.05) is 38.0 Å². The number of benzene rings is 1. The van der Waals surface area contributed by atoms with Crippen molar-refractivity contribution < 1.29 is 9.59 Å². The van der Waals surface area contributed by atoms with Crippen molar-refractivity contribution >= 4 is 29.1 Å². The van der Waals surface area contributed by atoms with Gasteiger partial charge in [-0.15, -0.1) is 0 Å². The van der Waals surface area contributed by atoms with Gasteiger partial charge in [-0.2, -0.15) is 0 Å². The maximum absolute atomic E-state index is 12.1. The lowest BCUT2D eigenvalue weighted by molar-refractivity contribution is -0.118. The Morgan fingerprint density at radius 2 is 1.95 bits per heavy atom. The minimum Gasteiger partial charge on any atom is -0.322 e. The summed E-state index contributed by atoms with van der Waals surface area (Å²) in [6.45, 7) is 4.74. The van der Waals surface area contributed by atoms with Crippen LogP contribution in [0, 0.1) is 0 Å². The molecule has 0 atom stereocenters. The molecule has 1 fully saturated rings. The largest absolute Gasteiger partial charge is 0.322 e. The molecule has 6 heteroatoms. The third-order valence-corrected chi connectivity index (χ3v) is 3.42. The van der Waals surface area contributed by atoms with Crippen LogP contribution in [0.4, 0.5) is 10.5 Å². The second-order valence-electron chi connectivity index (χ2n) is 4.91. The van der Waals surface area contributed by atoms with Crippen molar-refractivity contribution in [2.45, 2.75) is 6.92 Å². The van der Waals surface area contributed by atoms with Gasteiger partial charge in [0.2, 0.25) is 0 Å². The molecule has 0 spiro atoms. The molecule has 0 radical (unpaired) electrons. The zero-order chi connectivity index (χ0) is 14.5. The van der Waals surface area contributed by atoms with Gasteiger partial charge in [0.05, 0.1) is 6.54 Å². The molecule has 1 saturated heterocycles. The molecular weight excluding hydrogens is 278 g/mol. The number of hydrogen-bond acceptors (Lipinski definition) is 3. The summed E-state index contributed by atoms with van der Waals surface area (Å²) in [6, 6.07) is 6.94. The molecule has 0 bridgehead atoms. The molecule has 1 aliphatic heterocycles. The van der Waals surface area contributed by atoms with Gasteiger partial charge < -0.3 is 10.2 Å². The Bertz CT molecular complexity index is 499. The number of nitrogens with one attached hydrogen (secondary N) is 1. The van der Waals surface area contributed by atoms with Gasteiger partial charge in [0.15, 0.2) is 0 Å². The number of Topliss-reactive ketones (excluding diaryl/α,β-unsaturated/α-hetero) is 1. The van der Waals surface area contributed by atoms with Crippen molar-refractivity contribution in [3.8, 4) is 0 Å². The highest BCUT2D eigenvalue weighted by atomic mass is 35.5. The number of piperazine rings is 1. The zero-order valence-corrected chi connectivity index (χ0v) is 12.2. The molecule has 0 unspecified atom stereocenters. The fourth-order valence-electron chi connectivity index (χ4n) is 2.19. The summed E-state index contributed by atoms with van der Waals surface area (Å²) in [5.74, 6) is 0.154. The summed E-state index contributed by atoms with van der Waals surface area (Å²) < 4.78 is 0. The molecule has 1 N–H and O–H groups in total. The molecular formula is C14H18ClN3O2. The van der Waals surface area contributed by atoms with E-state index in [0.29, 0.717) is 30.3 Å². The number of rotatable bonds is 3. The molecule has 1 aromatic carbocycles. The Balaban J connectivity index is 1.84. The number of amides is 2. The third kappa shape index (κ3) is 4.21. The number of carbonyl (C=O) groups is 2. The van der Waals surface area contributed by atoms with Gasteiger partial charge in [-0.25, -0.2) is 4.79 Å². The van der Waals surface area contributed by atoms with Crippen LogP contribution in [-0.4, -0.2) is 54.3 Å². The highest BCUT2D eigenvalue weighted by molar-refractivity contribution is 6.30. The standard InChI is InChI=1S/C14H18ClN3O2/c1-11(19)10-17-5-7-18(8-6-17)14(20)16-13-4-2-3-12(15)9-13/h2-4,9H,5-8,10H2,1H3,(H,16,20). The van der Waals surface area contributed by atoms with Crippen molar-refractivity contribution in [1.29, 1.82) is 0 Å². The third-order valence-electron chi connectivity index (χ3n) is 3.18. The van der Waals surface area contributed by atoms with Gasteiger partial charge in [0.25, 0.3) is 0 Å². The molecule has 2 amide bonds. The van der Waals surface area contributed by atoms with Crippen molar-refractivity contribution in [1.82, 2.24) is 9.80 Å². The second-order valence-corrected chi connectivity index (χ2v) is 5.34. The summed E-state index contributed by atoms with van der Waals surface area (Å²) in [7, 11) is 0. The predicted octanol–water partition coefficient (Wildman–Crippen LogP) is 2.08. The average molecular weight is 296 g/mol. The maximum atomic E-state index is 12.1. The van der Waals surface area contributed by atoms with Crippen molar-refractivity contribution in [3.63, 3.8) is 0 Å². The molecule has 20 heavy (non-hydrogen) atoms. The van der Waals surface area contributed by atoms with Crippen LogP contribution in [0.2, 0.25) is 5.02 Å². The van der Waals surface area contributed by atoms with Gasteiger partial charge in [0, 0.05) is 36.9 Å². The van der Waals surface area contributed by atoms with Crippen LogP contribution < -0.4 is 5.32 Å². The normalized spacial score (nSPS) is 16.0. The summed E-state index contributed by atoms with van der Waals surface area (Å²) in [4.78, 5) is 27.0. The van der Waals surface area contributed by atoms with Crippen LogP contribution in [-0.2, 0) is 4.79 Å². The lowest BCUT2D eigenvalue weighted by atomic mass is 10.3. The number of carbonyl (C=O) groups excluding carboxylic acids is 2. The molecule has 2 rings (SSSR count). The zero-order valence-electron chi connectivity index (χ0n) is 11.4. The van der Waals surface area contributed by atoms with E-state index in [-0.39, 0.29) is 11.8 Å². The van der Waals surface area contributed by atoms with Crippen molar-refractivity contribution in [3.05, 3.63) is 29.3 Å². The number of ketones is 1. The van der Waals surface area contributed by atoms with Gasteiger partial charge in [-0.1, -0.05) is 17.7 Å². The quantitative estimate of drug-likeness (QED) is 0.929. The number of hydrogen-bond donors (Lipinski definition) is 1. The minimum absolute atomic E-state index is 0.130. The van der Waals surface area contributed by atoms with Crippen LogP contribution in [0.25, 0.3) is 0 Å². The predicted molar refractivity (Wildman–Crippen MR) is 79.2 cm³/mol. The van der Waals surface area contributed by atoms with Crippen LogP contribution in [0.5, 0.6) is 0 Å². The van der Waals surface area contributed by atoms with Gasteiger partial charge in [-0.3, -0.25) is 9.69 Å². The summed E-state index contributed by atoms with van der Waals surface area (Å²) in [6.07, 6.45) is 0. The first-order chi connectivity index (χ1) is 9.54. The SMILES string of the molecule is CC(=O)CN1CCN(C(=O)Nc2cccc(Cl)c2)CC1. The minimum atomic E-state index is -0.130. The summed E-state index contributed by atoms with van der Waals surface area (Å²) in [5.41, 5.74) is 0.689. The Labute approximate surface area is 123 Å². The van der Waals surface area contributed by atoms with E-state index in [1.54, 1.807) is 36.1 Å². The lowest BCUT2D eigenvalue weighted by Crippen LogP contribution is -2.50. The molecule has 0 aliphatic carbocycles. The van der Waals surface area contributed by atoms with Crippen molar-refractivity contribution in [2.24, 2.45) is 0 Å². The number of anilines is 1. The Morgan fingerprint density at radius 1 is 1.25 bits per heavy atom. The molecule has 1 aliphatic rings. The molecule has 0 saturated carbocycles. The number of halogens is 1. The van der Waals surface area contributed by atoms with E-state index in [1.807, 2.05) is 0 Å².